The van der Waals surface area contributed by atoms with E-state index < -0.39 is 0 Å². The van der Waals surface area contributed by atoms with Gasteiger partial charge >= 0.3 is 0 Å². The molecule has 0 amide bonds. The summed E-state index contributed by atoms with van der Waals surface area (Å²) in [6, 6.07) is 15.6. The van der Waals surface area contributed by atoms with E-state index in [-0.39, 0.29) is 11.9 Å². The summed E-state index contributed by atoms with van der Waals surface area (Å²) in [4.78, 5) is 0. The van der Waals surface area contributed by atoms with Gasteiger partial charge in [0.2, 0.25) is 0 Å². The summed E-state index contributed by atoms with van der Waals surface area (Å²) in [5.41, 5.74) is 6.42. The topological polar surface area (TPSA) is 38.0 Å². The highest BCUT2D eigenvalue weighted by Gasteiger charge is 2.27. The van der Waals surface area contributed by atoms with Crippen LogP contribution < -0.4 is 11.3 Å². The highest BCUT2D eigenvalue weighted by atomic mass is 19.1. The maximum atomic E-state index is 13.9. The molecule has 0 heterocycles. The van der Waals surface area contributed by atoms with E-state index >= 15 is 0 Å². The zero-order chi connectivity index (χ0) is 14.7. The summed E-state index contributed by atoms with van der Waals surface area (Å²) in [6.07, 6.45) is 4.00. The van der Waals surface area contributed by atoms with Gasteiger partial charge in [-0.25, -0.2) is 4.39 Å². The van der Waals surface area contributed by atoms with Crippen molar-refractivity contribution in [2.45, 2.75) is 37.6 Å². The standard InChI is InChI=1S/C18H21FN2/c19-17-11-4-2-7-14(17)12-18(21-20)16-10-5-8-13-6-1-3-9-15(13)16/h1-4,6-7,9,11,16,18,21H,5,8,10,12,20H2. The van der Waals surface area contributed by atoms with Crippen LogP contribution in [0.4, 0.5) is 4.39 Å². The molecule has 2 atom stereocenters. The van der Waals surface area contributed by atoms with E-state index in [1.807, 2.05) is 12.1 Å². The number of hydrogen-bond donors (Lipinski definition) is 2. The Bertz CT molecular complexity index is 612. The first-order valence-electron chi connectivity index (χ1n) is 7.57. The van der Waals surface area contributed by atoms with Crippen molar-refractivity contribution < 1.29 is 4.39 Å². The van der Waals surface area contributed by atoms with Gasteiger partial charge in [-0.05, 0) is 48.4 Å². The molecule has 0 fully saturated rings. The second kappa shape index (κ2) is 6.37. The third kappa shape index (κ3) is 2.99. The fourth-order valence-electron chi connectivity index (χ4n) is 3.43. The molecule has 0 aliphatic heterocycles. The van der Waals surface area contributed by atoms with Crippen LogP contribution >= 0.6 is 0 Å². The molecule has 0 aromatic heterocycles. The number of benzene rings is 2. The van der Waals surface area contributed by atoms with Crippen molar-refractivity contribution in [1.82, 2.24) is 5.43 Å². The van der Waals surface area contributed by atoms with E-state index in [2.05, 4.69) is 29.7 Å². The van der Waals surface area contributed by atoms with Crippen LogP contribution in [0.1, 0.15) is 35.4 Å². The smallest absolute Gasteiger partial charge is 0.126 e. The van der Waals surface area contributed by atoms with Gasteiger partial charge in [-0.3, -0.25) is 11.3 Å². The molecule has 2 aromatic rings. The molecule has 21 heavy (non-hydrogen) atoms. The molecule has 0 bridgehead atoms. The van der Waals surface area contributed by atoms with Crippen molar-refractivity contribution in [2.75, 3.05) is 0 Å². The molecular formula is C18H21FN2. The van der Waals surface area contributed by atoms with Crippen molar-refractivity contribution >= 4 is 0 Å². The molecular weight excluding hydrogens is 263 g/mol. The van der Waals surface area contributed by atoms with Gasteiger partial charge in [0.15, 0.2) is 0 Å². The van der Waals surface area contributed by atoms with E-state index in [1.54, 1.807) is 6.07 Å². The molecule has 2 aromatic carbocycles. The van der Waals surface area contributed by atoms with Crippen molar-refractivity contribution in [1.29, 1.82) is 0 Å². The summed E-state index contributed by atoms with van der Waals surface area (Å²) < 4.78 is 13.9. The van der Waals surface area contributed by atoms with Crippen LogP contribution in [0.15, 0.2) is 48.5 Å². The molecule has 110 valence electrons. The molecule has 0 radical (unpaired) electrons. The predicted molar refractivity (Wildman–Crippen MR) is 83.3 cm³/mol. The Labute approximate surface area is 125 Å². The first-order valence-corrected chi connectivity index (χ1v) is 7.57. The summed E-state index contributed by atoms with van der Waals surface area (Å²) in [6.45, 7) is 0. The number of nitrogens with one attached hydrogen (secondary N) is 1. The number of aryl methyl sites for hydroxylation is 1. The van der Waals surface area contributed by atoms with Gasteiger partial charge in [-0.15, -0.1) is 0 Å². The van der Waals surface area contributed by atoms with Gasteiger partial charge in [0.1, 0.15) is 5.82 Å². The monoisotopic (exact) mass is 284 g/mol. The summed E-state index contributed by atoms with van der Waals surface area (Å²) in [7, 11) is 0. The van der Waals surface area contributed by atoms with Crippen LogP contribution in [-0.4, -0.2) is 6.04 Å². The van der Waals surface area contributed by atoms with Gasteiger partial charge in [0.05, 0.1) is 0 Å². The quantitative estimate of drug-likeness (QED) is 0.667. The third-order valence-electron chi connectivity index (χ3n) is 4.51. The number of hydrogen-bond acceptors (Lipinski definition) is 2. The molecule has 0 saturated heterocycles. The fourth-order valence-corrected chi connectivity index (χ4v) is 3.43. The van der Waals surface area contributed by atoms with Crippen LogP contribution in [-0.2, 0) is 12.8 Å². The van der Waals surface area contributed by atoms with Gasteiger partial charge in [0, 0.05) is 12.0 Å². The lowest BCUT2D eigenvalue weighted by molar-refractivity contribution is 0.391. The number of rotatable bonds is 4. The third-order valence-corrected chi connectivity index (χ3v) is 4.51. The highest BCUT2D eigenvalue weighted by Crippen LogP contribution is 2.34. The van der Waals surface area contributed by atoms with Crippen LogP contribution in [0.5, 0.6) is 0 Å². The molecule has 0 spiro atoms. The second-order valence-electron chi connectivity index (χ2n) is 5.77. The highest BCUT2D eigenvalue weighted by molar-refractivity contribution is 5.34. The maximum Gasteiger partial charge on any atom is 0.126 e. The van der Waals surface area contributed by atoms with E-state index in [4.69, 9.17) is 5.84 Å². The molecule has 2 nitrogen and oxygen atoms in total. The van der Waals surface area contributed by atoms with E-state index in [9.17, 15) is 4.39 Å². The van der Waals surface area contributed by atoms with Gasteiger partial charge in [-0.2, -0.15) is 0 Å². The molecule has 1 aliphatic rings. The number of fused-ring (bicyclic) bond motifs is 1. The van der Waals surface area contributed by atoms with Crippen LogP contribution in [0.25, 0.3) is 0 Å². The SMILES string of the molecule is NNC(Cc1ccccc1F)C1CCCc2ccccc21. The zero-order valence-corrected chi connectivity index (χ0v) is 12.1. The summed E-state index contributed by atoms with van der Waals surface area (Å²) in [5, 5.41) is 0. The first-order chi connectivity index (χ1) is 10.3. The van der Waals surface area contributed by atoms with E-state index in [0.29, 0.717) is 12.3 Å². The Morgan fingerprint density at radius 3 is 2.71 bits per heavy atom. The molecule has 2 unspecified atom stereocenters. The molecule has 1 aliphatic carbocycles. The largest absolute Gasteiger partial charge is 0.271 e. The number of halogens is 1. The van der Waals surface area contributed by atoms with E-state index in [1.165, 1.54) is 17.2 Å². The molecule has 0 saturated carbocycles. The Morgan fingerprint density at radius 1 is 1.14 bits per heavy atom. The number of nitrogens with two attached hydrogens (primary N) is 1. The minimum atomic E-state index is -0.151. The lowest BCUT2D eigenvalue weighted by atomic mass is 9.77. The van der Waals surface area contributed by atoms with Gasteiger partial charge in [0.25, 0.3) is 0 Å². The maximum absolute atomic E-state index is 13.9. The molecule has 3 rings (SSSR count). The van der Waals surface area contributed by atoms with E-state index in [0.717, 1.165) is 24.8 Å². The van der Waals surface area contributed by atoms with Crippen LogP contribution in [0.3, 0.4) is 0 Å². The fraction of sp³-hybridized carbons (Fsp3) is 0.333. The Balaban J connectivity index is 1.86. The second-order valence-corrected chi connectivity index (χ2v) is 5.77. The lowest BCUT2D eigenvalue weighted by Gasteiger charge is -2.32. The average molecular weight is 284 g/mol. The average Bonchev–Trinajstić information content (AvgIpc) is 2.54. The van der Waals surface area contributed by atoms with Crippen LogP contribution in [0.2, 0.25) is 0 Å². The van der Waals surface area contributed by atoms with Gasteiger partial charge < -0.3 is 0 Å². The first kappa shape index (κ1) is 14.2. The molecule has 3 heteroatoms. The molecule has 3 N–H and O–H groups in total. The normalized spacial score (nSPS) is 19.0. The number of hydrazine groups is 1. The minimum absolute atomic E-state index is 0.0587. The van der Waals surface area contributed by atoms with Crippen LogP contribution in [0, 0.1) is 5.82 Å². The Kier molecular flexibility index (Phi) is 4.32. The predicted octanol–water partition coefficient (Wildman–Crippen LogP) is 3.32. The van der Waals surface area contributed by atoms with Crippen molar-refractivity contribution in [3.63, 3.8) is 0 Å². The van der Waals surface area contributed by atoms with Crippen molar-refractivity contribution in [2.24, 2.45) is 5.84 Å². The zero-order valence-electron chi connectivity index (χ0n) is 12.1. The van der Waals surface area contributed by atoms with Crippen molar-refractivity contribution in [3.05, 3.63) is 71.0 Å². The summed E-state index contributed by atoms with van der Waals surface area (Å²) >= 11 is 0. The Morgan fingerprint density at radius 2 is 1.90 bits per heavy atom. The lowest BCUT2D eigenvalue weighted by Crippen LogP contribution is -2.42. The summed E-state index contributed by atoms with van der Waals surface area (Å²) in [5.74, 6) is 5.98. The van der Waals surface area contributed by atoms with Crippen molar-refractivity contribution in [3.8, 4) is 0 Å². The van der Waals surface area contributed by atoms with Gasteiger partial charge in [-0.1, -0.05) is 42.5 Å². The minimum Gasteiger partial charge on any atom is -0.271 e. The Hall–Kier alpha value is -1.71.